The van der Waals surface area contributed by atoms with E-state index in [1.807, 2.05) is 37.3 Å². The molecule has 0 saturated carbocycles. The third kappa shape index (κ3) is 2.12. The minimum Gasteiger partial charge on any atom is -0.549 e. The lowest BCUT2D eigenvalue weighted by Gasteiger charge is -2.51. The molecule has 0 spiro atoms. The fraction of sp³-hybridized carbons (Fsp3) is 0.450. The highest BCUT2D eigenvalue weighted by Gasteiger charge is 2.52. The number of piperidine rings is 1. The molecule has 3 atom stereocenters. The number of carboxylic acids is 1. The number of H-pyrrole nitrogens is 1. The fourth-order valence-corrected chi connectivity index (χ4v) is 5.05. The van der Waals surface area contributed by atoms with E-state index in [4.69, 9.17) is 0 Å². The molecule has 3 aliphatic heterocycles. The molecule has 0 radical (unpaired) electrons. The molecule has 25 heavy (non-hydrogen) atoms. The highest BCUT2D eigenvalue weighted by Crippen LogP contribution is 2.48. The number of hydrogen-bond acceptors (Lipinski definition) is 3. The third-order valence-corrected chi connectivity index (χ3v) is 6.35. The number of likely N-dealkylation sites (N-methyl/N-ethyl adjacent to an activating group) is 1. The number of aliphatic carboxylic acids is 1. The molecule has 5 heteroatoms. The Morgan fingerprint density at radius 1 is 1.44 bits per heavy atom. The summed E-state index contributed by atoms with van der Waals surface area (Å²) in [6, 6.07) is 7.90. The summed E-state index contributed by atoms with van der Waals surface area (Å²) in [4.78, 5) is 15.8. The number of aromatic nitrogens is 1. The summed E-state index contributed by atoms with van der Waals surface area (Å²) in [5.74, 6) is -1.43. The summed E-state index contributed by atoms with van der Waals surface area (Å²) >= 11 is 0. The van der Waals surface area contributed by atoms with Crippen LogP contribution in [0.5, 0.6) is 0 Å². The zero-order valence-corrected chi connectivity index (χ0v) is 14.7. The van der Waals surface area contributed by atoms with E-state index in [1.165, 1.54) is 0 Å². The quantitative estimate of drug-likeness (QED) is 0.634. The van der Waals surface area contributed by atoms with Gasteiger partial charge in [-0.15, -0.1) is 0 Å². The monoisotopic (exact) mass is 340 g/mol. The molecule has 5 nitrogen and oxygen atoms in total. The summed E-state index contributed by atoms with van der Waals surface area (Å²) in [5, 5.41) is 23.8. The van der Waals surface area contributed by atoms with Crippen LogP contribution in [0, 0.1) is 5.92 Å². The minimum atomic E-state index is -1.41. The Hall–Kier alpha value is -2.11. The van der Waals surface area contributed by atoms with Gasteiger partial charge in [0, 0.05) is 34.5 Å². The van der Waals surface area contributed by atoms with Gasteiger partial charge in [0.25, 0.3) is 0 Å². The molecule has 5 rings (SSSR count). The molecule has 1 aromatic heterocycles. The Morgan fingerprint density at radius 2 is 2.20 bits per heavy atom. The maximum atomic E-state index is 12.4. The molecular weight excluding hydrogens is 316 g/mol. The number of quaternary nitrogens is 1. The molecular formula is C20H24N2O3. The van der Waals surface area contributed by atoms with Crippen molar-refractivity contribution in [3.8, 4) is 0 Å². The molecule has 4 heterocycles. The molecule has 0 amide bonds. The predicted molar refractivity (Wildman–Crippen MR) is 93.6 cm³/mol. The maximum Gasteiger partial charge on any atom is 0.107 e. The molecule has 0 aliphatic carbocycles. The fourth-order valence-electron chi connectivity index (χ4n) is 5.05. The van der Waals surface area contributed by atoms with Crippen LogP contribution in [0.1, 0.15) is 24.6 Å². The molecule has 1 unspecified atom stereocenters. The lowest BCUT2D eigenvalue weighted by molar-refractivity contribution is -0.922. The highest BCUT2D eigenvalue weighted by molar-refractivity contribution is 5.90. The van der Waals surface area contributed by atoms with Gasteiger partial charge in [-0.25, -0.2) is 0 Å². The number of aliphatic hydroxyl groups is 1. The van der Waals surface area contributed by atoms with Crippen LogP contribution in [-0.2, 0) is 16.8 Å². The van der Waals surface area contributed by atoms with Crippen LogP contribution in [0.15, 0.2) is 35.9 Å². The number of rotatable bonds is 2. The van der Waals surface area contributed by atoms with Gasteiger partial charge >= 0.3 is 0 Å². The smallest absolute Gasteiger partial charge is 0.107 e. The van der Waals surface area contributed by atoms with Gasteiger partial charge in [0.15, 0.2) is 0 Å². The van der Waals surface area contributed by atoms with Gasteiger partial charge in [0.1, 0.15) is 13.1 Å². The van der Waals surface area contributed by atoms with Gasteiger partial charge in [0.2, 0.25) is 0 Å². The van der Waals surface area contributed by atoms with Crippen LogP contribution in [-0.4, -0.2) is 47.3 Å². The highest BCUT2D eigenvalue weighted by atomic mass is 16.4. The van der Waals surface area contributed by atoms with Gasteiger partial charge in [-0.1, -0.05) is 24.3 Å². The average molecular weight is 340 g/mol. The van der Waals surface area contributed by atoms with Gasteiger partial charge in [-0.2, -0.15) is 0 Å². The molecule has 2 aromatic rings. The van der Waals surface area contributed by atoms with Gasteiger partial charge in [0.05, 0.1) is 31.6 Å². The lowest BCUT2D eigenvalue weighted by atomic mass is 9.64. The standard InChI is InChI=1S/C20H24N2O3/c1-3-13-10-22(2)9-8-16(13)20(12-23,19(24)25)18-15(11-22)14-6-4-5-7-17(14)21-18/h3-7,16,21,23H,8-12H2,1-2H3/b13-3-/t16-,20-,22?/m0/s1. The van der Waals surface area contributed by atoms with Crippen LogP contribution in [0.25, 0.3) is 10.9 Å². The first-order valence-corrected chi connectivity index (χ1v) is 8.86. The van der Waals surface area contributed by atoms with Gasteiger partial charge in [-0.05, 0) is 18.6 Å². The van der Waals surface area contributed by atoms with Crippen molar-refractivity contribution in [3.63, 3.8) is 0 Å². The number of para-hydroxylation sites is 1. The molecule has 1 saturated heterocycles. The molecule has 1 fully saturated rings. The molecule has 2 N–H and O–H groups in total. The molecule has 1 aromatic carbocycles. The summed E-state index contributed by atoms with van der Waals surface area (Å²) < 4.78 is 0.861. The molecule has 2 bridgehead atoms. The summed E-state index contributed by atoms with van der Waals surface area (Å²) in [6.45, 7) is 3.97. The second kappa shape index (κ2) is 5.44. The Bertz CT molecular complexity index is 884. The number of carbonyl (C=O) groups is 1. The van der Waals surface area contributed by atoms with Crippen molar-refractivity contribution in [2.45, 2.75) is 25.3 Å². The van der Waals surface area contributed by atoms with Crippen molar-refractivity contribution in [2.75, 3.05) is 26.7 Å². The van der Waals surface area contributed by atoms with Crippen molar-refractivity contribution >= 4 is 16.9 Å². The maximum absolute atomic E-state index is 12.4. The third-order valence-electron chi connectivity index (χ3n) is 6.35. The van der Waals surface area contributed by atoms with Crippen LogP contribution < -0.4 is 5.11 Å². The Morgan fingerprint density at radius 3 is 2.88 bits per heavy atom. The summed E-state index contributed by atoms with van der Waals surface area (Å²) in [7, 11) is 2.23. The van der Waals surface area contributed by atoms with Crippen molar-refractivity contribution in [1.29, 1.82) is 0 Å². The molecule has 3 aliphatic rings. The van der Waals surface area contributed by atoms with E-state index in [0.29, 0.717) is 5.69 Å². The van der Waals surface area contributed by atoms with Gasteiger partial charge < -0.3 is 24.5 Å². The van der Waals surface area contributed by atoms with E-state index in [-0.39, 0.29) is 5.92 Å². The second-order valence-corrected chi connectivity index (χ2v) is 7.81. The summed E-state index contributed by atoms with van der Waals surface area (Å²) in [6.07, 6.45) is 2.76. The van der Waals surface area contributed by atoms with Crippen molar-refractivity contribution in [1.82, 2.24) is 4.98 Å². The van der Waals surface area contributed by atoms with Crippen LogP contribution in [0.2, 0.25) is 0 Å². The Balaban J connectivity index is 2.10. The number of nitrogens with zero attached hydrogens (tertiary/aromatic N) is 1. The van der Waals surface area contributed by atoms with Crippen LogP contribution >= 0.6 is 0 Å². The number of nitrogens with one attached hydrogen (secondary N) is 1. The first-order valence-electron chi connectivity index (χ1n) is 8.86. The number of hydrogen-bond donors (Lipinski definition) is 2. The first kappa shape index (κ1) is 16.4. The van der Waals surface area contributed by atoms with E-state index in [0.717, 1.165) is 52.6 Å². The number of aliphatic hydroxyl groups excluding tert-OH is 1. The molecule has 132 valence electrons. The Labute approximate surface area is 147 Å². The number of carboxylic acid groups (broad SMARTS) is 1. The SMILES string of the molecule is C/C=C1/C[N+]2(C)CC[C@@H]1[C@](CO)(C(=O)[O-])c1[nH]c3ccccc3c1C2. The summed E-state index contributed by atoms with van der Waals surface area (Å²) in [5.41, 5.74) is 2.25. The normalized spacial score (nSPS) is 33.2. The zero-order valence-electron chi connectivity index (χ0n) is 14.7. The zero-order chi connectivity index (χ0) is 17.8. The second-order valence-electron chi connectivity index (χ2n) is 7.81. The van der Waals surface area contributed by atoms with Crippen molar-refractivity contribution in [3.05, 3.63) is 47.2 Å². The number of aromatic amines is 1. The number of carbonyl (C=O) groups excluding carboxylic acids is 1. The Kier molecular flexibility index (Phi) is 3.56. The first-order chi connectivity index (χ1) is 11.9. The van der Waals surface area contributed by atoms with Crippen molar-refractivity contribution in [2.24, 2.45) is 5.92 Å². The van der Waals surface area contributed by atoms with E-state index in [1.54, 1.807) is 0 Å². The van der Waals surface area contributed by atoms with Crippen LogP contribution in [0.3, 0.4) is 0 Å². The number of allylic oxidation sites excluding steroid dienone is 1. The largest absolute Gasteiger partial charge is 0.549 e. The van der Waals surface area contributed by atoms with E-state index < -0.39 is 18.0 Å². The van der Waals surface area contributed by atoms with Crippen molar-refractivity contribution < 1.29 is 19.5 Å². The minimum absolute atomic E-state index is 0.245. The van der Waals surface area contributed by atoms with Crippen LogP contribution in [0.4, 0.5) is 0 Å². The van der Waals surface area contributed by atoms with E-state index in [2.05, 4.69) is 12.0 Å². The topological polar surface area (TPSA) is 76.2 Å². The predicted octanol–water partition coefficient (Wildman–Crippen LogP) is 1.07. The number of fused-ring (bicyclic) bond motifs is 3. The van der Waals surface area contributed by atoms with E-state index >= 15 is 0 Å². The lowest BCUT2D eigenvalue weighted by Crippen LogP contribution is -2.62. The van der Waals surface area contributed by atoms with Gasteiger partial charge in [-0.3, -0.25) is 0 Å². The average Bonchev–Trinajstić information content (AvgIpc) is 2.93. The number of benzene rings is 1. The van der Waals surface area contributed by atoms with E-state index in [9.17, 15) is 15.0 Å².